The first-order chi connectivity index (χ1) is 15.3. The van der Waals surface area contributed by atoms with E-state index in [1.807, 2.05) is 35.8 Å². The summed E-state index contributed by atoms with van der Waals surface area (Å²) in [5, 5.41) is 15.4. The van der Waals surface area contributed by atoms with Crippen LogP contribution in [0.5, 0.6) is 0 Å². The van der Waals surface area contributed by atoms with Crippen molar-refractivity contribution in [3.63, 3.8) is 0 Å². The van der Waals surface area contributed by atoms with Gasteiger partial charge in [0.2, 0.25) is 14.8 Å². The quantitative estimate of drug-likeness (QED) is 0.307. The molecule has 0 amide bonds. The van der Waals surface area contributed by atoms with Crippen LogP contribution in [0.4, 0.5) is 5.69 Å². The number of sulfonamides is 1. The molecule has 0 unspecified atom stereocenters. The first kappa shape index (κ1) is 22.3. The zero-order valence-electron chi connectivity index (χ0n) is 17.4. The molecule has 0 radical (unpaired) electrons. The minimum atomic E-state index is -3.80. The van der Waals surface area contributed by atoms with Crippen LogP contribution in [0.2, 0.25) is 0 Å². The zero-order valence-corrected chi connectivity index (χ0v) is 19.0. The van der Waals surface area contributed by atoms with Gasteiger partial charge < -0.3 is 0 Å². The number of aryl methyl sites for hydroxylation is 1. The summed E-state index contributed by atoms with van der Waals surface area (Å²) in [6, 6.07) is 13.0. The van der Waals surface area contributed by atoms with Gasteiger partial charge in [0.15, 0.2) is 0 Å². The topological polar surface area (TPSA) is 107 Å². The van der Waals surface area contributed by atoms with Crippen molar-refractivity contribution in [3.05, 3.63) is 75.3 Å². The molecule has 32 heavy (non-hydrogen) atoms. The molecule has 0 bridgehead atoms. The predicted molar refractivity (Wildman–Crippen MR) is 121 cm³/mol. The highest BCUT2D eigenvalue weighted by Gasteiger charge is 2.29. The van der Waals surface area contributed by atoms with Crippen molar-refractivity contribution in [1.29, 1.82) is 0 Å². The van der Waals surface area contributed by atoms with E-state index in [2.05, 4.69) is 10.00 Å². The number of nitro groups is 1. The molecule has 1 aromatic heterocycles. The largest absolute Gasteiger partial charge is 0.282 e. The number of non-ortho nitro benzene ring substituents is 1. The van der Waals surface area contributed by atoms with E-state index >= 15 is 0 Å². The molecule has 1 aliphatic heterocycles. The standard InChI is InChI=1S/C20H22N6O4S2/c1-16-5-2-3-8-19(16)24-14-21-25(20(24)31)15-22-9-11-23(12-10-22)32(29,30)18-7-4-6-17(13-18)26(27)28/h2-8,13-14H,9-12,15H2,1H3. The molecule has 1 fully saturated rings. The van der Waals surface area contributed by atoms with Crippen molar-refractivity contribution in [1.82, 2.24) is 23.6 Å². The van der Waals surface area contributed by atoms with Crippen LogP contribution in [-0.2, 0) is 16.7 Å². The van der Waals surface area contributed by atoms with Gasteiger partial charge in [-0.3, -0.25) is 19.6 Å². The van der Waals surface area contributed by atoms with Gasteiger partial charge in [0.25, 0.3) is 5.69 Å². The molecule has 0 N–H and O–H groups in total. The van der Waals surface area contributed by atoms with Crippen molar-refractivity contribution < 1.29 is 13.3 Å². The van der Waals surface area contributed by atoms with Crippen LogP contribution in [0.15, 0.2) is 59.8 Å². The van der Waals surface area contributed by atoms with Crippen LogP contribution in [0, 0.1) is 21.8 Å². The molecule has 1 saturated heterocycles. The van der Waals surface area contributed by atoms with Gasteiger partial charge in [0, 0.05) is 38.3 Å². The Morgan fingerprint density at radius 2 is 1.81 bits per heavy atom. The number of para-hydroxylation sites is 1. The van der Waals surface area contributed by atoms with E-state index in [0.717, 1.165) is 17.3 Å². The van der Waals surface area contributed by atoms with Gasteiger partial charge in [0.1, 0.15) is 6.33 Å². The lowest BCUT2D eigenvalue weighted by Crippen LogP contribution is -2.48. The minimum absolute atomic E-state index is 0.0701. The van der Waals surface area contributed by atoms with Crippen LogP contribution >= 0.6 is 12.2 Å². The van der Waals surface area contributed by atoms with Crippen molar-refractivity contribution in [2.75, 3.05) is 26.2 Å². The van der Waals surface area contributed by atoms with Gasteiger partial charge in [-0.25, -0.2) is 13.1 Å². The van der Waals surface area contributed by atoms with Gasteiger partial charge in [-0.1, -0.05) is 24.3 Å². The molecule has 0 aliphatic carbocycles. The van der Waals surface area contributed by atoms with Crippen LogP contribution in [0.1, 0.15) is 5.56 Å². The van der Waals surface area contributed by atoms with Gasteiger partial charge in [-0.15, -0.1) is 0 Å². The lowest BCUT2D eigenvalue weighted by atomic mass is 10.2. The molecule has 4 rings (SSSR count). The summed E-state index contributed by atoms with van der Waals surface area (Å²) < 4.78 is 31.3. The van der Waals surface area contributed by atoms with Crippen molar-refractivity contribution in [3.8, 4) is 5.69 Å². The number of hydrogen-bond acceptors (Lipinski definition) is 7. The summed E-state index contributed by atoms with van der Waals surface area (Å²) in [7, 11) is -3.80. The first-order valence-corrected chi connectivity index (χ1v) is 11.8. The van der Waals surface area contributed by atoms with E-state index in [0.29, 0.717) is 24.5 Å². The van der Waals surface area contributed by atoms with E-state index in [9.17, 15) is 18.5 Å². The second-order valence-corrected chi connectivity index (χ2v) is 9.79. The molecular formula is C20H22N6O4S2. The fraction of sp³-hybridized carbons (Fsp3) is 0.300. The van der Waals surface area contributed by atoms with E-state index in [4.69, 9.17) is 12.2 Å². The summed E-state index contributed by atoms with van der Waals surface area (Å²) >= 11 is 5.59. The molecule has 10 nitrogen and oxygen atoms in total. The Morgan fingerprint density at radius 3 is 2.50 bits per heavy atom. The fourth-order valence-electron chi connectivity index (χ4n) is 3.64. The van der Waals surface area contributed by atoms with E-state index in [1.165, 1.54) is 22.5 Å². The third kappa shape index (κ3) is 4.35. The minimum Gasteiger partial charge on any atom is -0.282 e. The highest BCUT2D eigenvalue weighted by molar-refractivity contribution is 7.89. The number of rotatable bonds is 6. The predicted octanol–water partition coefficient (Wildman–Crippen LogP) is 2.58. The van der Waals surface area contributed by atoms with Gasteiger partial charge in [-0.2, -0.15) is 9.40 Å². The molecule has 0 saturated carbocycles. The molecule has 0 spiro atoms. The Balaban J connectivity index is 1.44. The molecule has 168 valence electrons. The van der Waals surface area contributed by atoms with Crippen molar-refractivity contribution in [2.45, 2.75) is 18.5 Å². The van der Waals surface area contributed by atoms with Crippen LogP contribution in [0.25, 0.3) is 5.69 Å². The maximum atomic E-state index is 12.9. The number of nitro benzene ring substituents is 1. The second-order valence-electron chi connectivity index (χ2n) is 7.49. The smallest absolute Gasteiger partial charge is 0.270 e. The van der Waals surface area contributed by atoms with Crippen LogP contribution < -0.4 is 0 Å². The Bertz CT molecular complexity index is 1310. The molecule has 12 heteroatoms. The summed E-state index contributed by atoms with van der Waals surface area (Å²) in [6.45, 7) is 3.99. The summed E-state index contributed by atoms with van der Waals surface area (Å²) in [4.78, 5) is 12.4. The van der Waals surface area contributed by atoms with Gasteiger partial charge in [-0.05, 0) is 36.8 Å². The highest BCUT2D eigenvalue weighted by atomic mass is 32.2. The van der Waals surface area contributed by atoms with Gasteiger partial charge >= 0.3 is 0 Å². The number of benzene rings is 2. The maximum absolute atomic E-state index is 12.9. The fourth-order valence-corrected chi connectivity index (χ4v) is 5.35. The number of aromatic nitrogens is 3. The average Bonchev–Trinajstić information content (AvgIpc) is 3.14. The van der Waals surface area contributed by atoms with Gasteiger partial charge in [0.05, 0.1) is 22.2 Å². The SMILES string of the molecule is Cc1ccccc1-n1cnn(CN2CCN(S(=O)(=O)c3cccc([N+](=O)[O-])c3)CC2)c1=S. The molecule has 3 aromatic rings. The average molecular weight is 475 g/mol. The molecule has 1 aliphatic rings. The molecular weight excluding hydrogens is 452 g/mol. The van der Waals surface area contributed by atoms with E-state index in [1.54, 1.807) is 11.0 Å². The lowest BCUT2D eigenvalue weighted by Gasteiger charge is -2.33. The third-order valence-electron chi connectivity index (χ3n) is 5.44. The third-order valence-corrected chi connectivity index (χ3v) is 7.74. The monoisotopic (exact) mass is 474 g/mol. The van der Waals surface area contributed by atoms with Crippen molar-refractivity contribution >= 4 is 27.9 Å². The molecule has 2 aromatic carbocycles. The molecule has 0 atom stereocenters. The Hall–Kier alpha value is -2.93. The Morgan fingerprint density at radius 1 is 1.09 bits per heavy atom. The lowest BCUT2D eigenvalue weighted by molar-refractivity contribution is -0.385. The first-order valence-electron chi connectivity index (χ1n) is 9.95. The van der Waals surface area contributed by atoms with E-state index in [-0.39, 0.29) is 23.7 Å². The normalized spacial score (nSPS) is 15.7. The number of nitrogens with zero attached hydrogens (tertiary/aromatic N) is 6. The highest BCUT2D eigenvalue weighted by Crippen LogP contribution is 2.22. The second kappa shape index (κ2) is 8.90. The van der Waals surface area contributed by atoms with Crippen molar-refractivity contribution in [2.24, 2.45) is 0 Å². The maximum Gasteiger partial charge on any atom is 0.270 e. The molecule has 2 heterocycles. The zero-order chi connectivity index (χ0) is 22.9. The van der Waals surface area contributed by atoms with Crippen LogP contribution in [0.3, 0.4) is 0 Å². The van der Waals surface area contributed by atoms with E-state index < -0.39 is 14.9 Å². The Kier molecular flexibility index (Phi) is 6.20. The summed E-state index contributed by atoms with van der Waals surface area (Å²) in [5.41, 5.74) is 1.81. The summed E-state index contributed by atoms with van der Waals surface area (Å²) in [6.07, 6.45) is 1.69. The number of piperazine rings is 1. The summed E-state index contributed by atoms with van der Waals surface area (Å²) in [5.74, 6) is 0. The Labute approximate surface area is 190 Å². The van der Waals surface area contributed by atoms with Crippen LogP contribution in [-0.4, -0.2) is 63.1 Å². The number of hydrogen-bond donors (Lipinski definition) is 0.